The van der Waals surface area contributed by atoms with E-state index in [1.807, 2.05) is 0 Å². The van der Waals surface area contributed by atoms with Gasteiger partial charge in [-0.25, -0.2) is 13.6 Å². The van der Waals surface area contributed by atoms with E-state index < -0.39 is 29.6 Å². The first-order valence-electron chi connectivity index (χ1n) is 5.83. The second kappa shape index (κ2) is 6.26. The molecular weight excluding hydrogens is 256 g/mol. The summed E-state index contributed by atoms with van der Waals surface area (Å²) in [6.45, 7) is 3.26. The SMILES string of the molecule is CCCN(C(C)=O)C(C(=O)O)c1ccc(F)c(F)c1. The molecule has 0 aliphatic heterocycles. The Morgan fingerprint density at radius 3 is 2.37 bits per heavy atom. The van der Waals surface area contributed by atoms with Crippen molar-refractivity contribution in [3.8, 4) is 0 Å². The summed E-state index contributed by atoms with van der Waals surface area (Å²) in [6, 6.07) is 1.51. The standard InChI is InChI=1S/C13H15F2NO3/c1-3-6-16(8(2)17)12(13(18)19)9-4-5-10(14)11(15)7-9/h4-5,7,12H,3,6H2,1-2H3,(H,18,19). The molecule has 0 aliphatic carbocycles. The minimum atomic E-state index is -1.31. The molecule has 1 rings (SSSR count). The van der Waals surface area contributed by atoms with Crippen LogP contribution in [0.15, 0.2) is 18.2 Å². The first kappa shape index (κ1) is 15.1. The summed E-state index contributed by atoms with van der Waals surface area (Å²) in [5.41, 5.74) is 0.0371. The fourth-order valence-corrected chi connectivity index (χ4v) is 1.85. The summed E-state index contributed by atoms with van der Waals surface area (Å²) in [4.78, 5) is 23.9. The zero-order valence-electron chi connectivity index (χ0n) is 10.7. The van der Waals surface area contributed by atoms with Crippen LogP contribution in [0.5, 0.6) is 0 Å². The molecule has 0 heterocycles. The maximum absolute atomic E-state index is 13.2. The molecule has 1 amide bonds. The van der Waals surface area contributed by atoms with Crippen LogP contribution < -0.4 is 0 Å². The van der Waals surface area contributed by atoms with Crippen LogP contribution in [0, 0.1) is 11.6 Å². The van der Waals surface area contributed by atoms with Gasteiger partial charge in [0, 0.05) is 13.5 Å². The third-order valence-corrected chi connectivity index (χ3v) is 2.67. The monoisotopic (exact) mass is 271 g/mol. The Bertz CT molecular complexity index is 491. The van der Waals surface area contributed by atoms with Crippen molar-refractivity contribution in [2.45, 2.75) is 26.3 Å². The molecule has 0 bridgehead atoms. The van der Waals surface area contributed by atoms with Crippen LogP contribution in [0.25, 0.3) is 0 Å². The Kier molecular flexibility index (Phi) is 4.97. The number of carboxylic acid groups (broad SMARTS) is 1. The predicted molar refractivity (Wildman–Crippen MR) is 64.4 cm³/mol. The van der Waals surface area contributed by atoms with Gasteiger partial charge in [0.15, 0.2) is 17.7 Å². The number of hydrogen-bond acceptors (Lipinski definition) is 2. The quantitative estimate of drug-likeness (QED) is 0.894. The number of rotatable bonds is 5. The van der Waals surface area contributed by atoms with E-state index >= 15 is 0 Å². The summed E-state index contributed by atoms with van der Waals surface area (Å²) < 4.78 is 26.0. The molecule has 1 N–H and O–H groups in total. The van der Waals surface area contributed by atoms with Crippen molar-refractivity contribution in [2.24, 2.45) is 0 Å². The third-order valence-electron chi connectivity index (χ3n) is 2.67. The van der Waals surface area contributed by atoms with Crippen LogP contribution >= 0.6 is 0 Å². The first-order valence-corrected chi connectivity index (χ1v) is 5.83. The van der Waals surface area contributed by atoms with E-state index in [0.717, 1.165) is 17.0 Å². The van der Waals surface area contributed by atoms with Crippen LogP contribution in [0.2, 0.25) is 0 Å². The molecule has 1 aromatic carbocycles. The molecule has 104 valence electrons. The van der Waals surface area contributed by atoms with Gasteiger partial charge in [-0.1, -0.05) is 13.0 Å². The van der Waals surface area contributed by atoms with Crippen molar-refractivity contribution in [3.05, 3.63) is 35.4 Å². The highest BCUT2D eigenvalue weighted by atomic mass is 19.2. The number of halogens is 2. The van der Waals surface area contributed by atoms with Gasteiger partial charge in [0.25, 0.3) is 0 Å². The molecule has 1 atom stereocenters. The minimum absolute atomic E-state index is 0.0371. The number of benzene rings is 1. The molecule has 0 spiro atoms. The van der Waals surface area contributed by atoms with Gasteiger partial charge in [-0.2, -0.15) is 0 Å². The zero-order chi connectivity index (χ0) is 14.6. The summed E-state index contributed by atoms with van der Waals surface area (Å²) in [5.74, 6) is -3.91. The van der Waals surface area contributed by atoms with E-state index in [9.17, 15) is 23.5 Å². The predicted octanol–water partition coefficient (Wildman–Crippen LogP) is 2.35. The van der Waals surface area contributed by atoms with Crippen molar-refractivity contribution < 1.29 is 23.5 Å². The van der Waals surface area contributed by atoms with Gasteiger partial charge >= 0.3 is 5.97 Å². The number of amides is 1. The molecule has 1 aromatic rings. The average Bonchev–Trinajstić information content (AvgIpc) is 2.32. The second-order valence-corrected chi connectivity index (χ2v) is 4.13. The number of hydrogen-bond donors (Lipinski definition) is 1. The molecule has 0 aliphatic rings. The van der Waals surface area contributed by atoms with E-state index in [0.29, 0.717) is 6.42 Å². The van der Waals surface area contributed by atoms with Crippen LogP contribution in [-0.4, -0.2) is 28.4 Å². The molecule has 19 heavy (non-hydrogen) atoms. The number of carbonyl (C=O) groups is 2. The van der Waals surface area contributed by atoms with Gasteiger partial charge in [0.05, 0.1) is 0 Å². The number of carboxylic acids is 1. The fourth-order valence-electron chi connectivity index (χ4n) is 1.85. The van der Waals surface area contributed by atoms with Crippen molar-refractivity contribution >= 4 is 11.9 Å². The maximum Gasteiger partial charge on any atom is 0.331 e. The highest BCUT2D eigenvalue weighted by molar-refractivity contribution is 5.83. The molecule has 0 fully saturated rings. The van der Waals surface area contributed by atoms with E-state index in [-0.39, 0.29) is 12.1 Å². The molecule has 0 saturated heterocycles. The molecule has 6 heteroatoms. The molecule has 0 aromatic heterocycles. The van der Waals surface area contributed by atoms with Gasteiger partial charge in [0.2, 0.25) is 5.91 Å². The Morgan fingerprint density at radius 1 is 1.32 bits per heavy atom. The number of aliphatic carboxylic acids is 1. The van der Waals surface area contributed by atoms with Gasteiger partial charge < -0.3 is 10.0 Å². The summed E-state index contributed by atoms with van der Waals surface area (Å²) >= 11 is 0. The molecule has 0 saturated carbocycles. The Hall–Kier alpha value is -1.98. The van der Waals surface area contributed by atoms with Crippen molar-refractivity contribution in [3.63, 3.8) is 0 Å². The van der Waals surface area contributed by atoms with Crippen LogP contribution in [0.3, 0.4) is 0 Å². The van der Waals surface area contributed by atoms with Crippen molar-refractivity contribution in [1.82, 2.24) is 4.90 Å². The lowest BCUT2D eigenvalue weighted by Crippen LogP contribution is -2.38. The van der Waals surface area contributed by atoms with E-state index in [2.05, 4.69) is 0 Å². The van der Waals surface area contributed by atoms with Crippen LogP contribution in [0.1, 0.15) is 31.9 Å². The number of nitrogens with zero attached hydrogens (tertiary/aromatic N) is 1. The van der Waals surface area contributed by atoms with Gasteiger partial charge in [-0.05, 0) is 24.1 Å². The van der Waals surface area contributed by atoms with E-state index in [1.54, 1.807) is 6.92 Å². The van der Waals surface area contributed by atoms with E-state index in [4.69, 9.17) is 0 Å². The first-order chi connectivity index (χ1) is 8.88. The molecule has 1 unspecified atom stereocenters. The summed E-state index contributed by atoms with van der Waals surface area (Å²) in [6.07, 6.45) is 0.563. The summed E-state index contributed by atoms with van der Waals surface area (Å²) in [5, 5.41) is 9.22. The van der Waals surface area contributed by atoms with Gasteiger partial charge in [-0.3, -0.25) is 4.79 Å². The lowest BCUT2D eigenvalue weighted by Gasteiger charge is -2.28. The highest BCUT2D eigenvalue weighted by Gasteiger charge is 2.29. The lowest BCUT2D eigenvalue weighted by atomic mass is 10.0. The molecule has 0 radical (unpaired) electrons. The van der Waals surface area contributed by atoms with Gasteiger partial charge in [0.1, 0.15) is 0 Å². The molecular formula is C13H15F2NO3. The Balaban J connectivity index is 3.21. The summed E-state index contributed by atoms with van der Waals surface area (Å²) in [7, 11) is 0. The normalized spacial score (nSPS) is 12.0. The fraction of sp³-hybridized carbons (Fsp3) is 0.385. The smallest absolute Gasteiger partial charge is 0.331 e. The second-order valence-electron chi connectivity index (χ2n) is 4.13. The van der Waals surface area contributed by atoms with Crippen molar-refractivity contribution in [2.75, 3.05) is 6.54 Å². The highest BCUT2D eigenvalue weighted by Crippen LogP contribution is 2.23. The Morgan fingerprint density at radius 2 is 1.95 bits per heavy atom. The molecule has 4 nitrogen and oxygen atoms in total. The maximum atomic E-state index is 13.2. The van der Waals surface area contributed by atoms with Crippen LogP contribution in [0.4, 0.5) is 8.78 Å². The van der Waals surface area contributed by atoms with E-state index in [1.165, 1.54) is 13.0 Å². The van der Waals surface area contributed by atoms with Crippen LogP contribution in [-0.2, 0) is 9.59 Å². The third kappa shape index (κ3) is 3.49. The topological polar surface area (TPSA) is 57.6 Å². The van der Waals surface area contributed by atoms with Gasteiger partial charge in [-0.15, -0.1) is 0 Å². The zero-order valence-corrected chi connectivity index (χ0v) is 10.7. The van der Waals surface area contributed by atoms with Crippen molar-refractivity contribution in [1.29, 1.82) is 0 Å². The largest absolute Gasteiger partial charge is 0.479 e. The lowest BCUT2D eigenvalue weighted by molar-refractivity contribution is -0.149. The Labute approximate surface area is 109 Å². The number of carbonyl (C=O) groups excluding carboxylic acids is 1. The average molecular weight is 271 g/mol. The minimum Gasteiger partial charge on any atom is -0.479 e.